The van der Waals surface area contributed by atoms with Crippen LogP contribution in [0, 0.1) is 17.0 Å². The molecule has 2 unspecified atom stereocenters. The second kappa shape index (κ2) is 23.8. The summed E-state index contributed by atoms with van der Waals surface area (Å²) in [6.07, 6.45) is 0.538. The first-order chi connectivity index (χ1) is 31.2. The van der Waals surface area contributed by atoms with E-state index < -0.39 is 108 Å². The Balaban J connectivity index is 1.35. The van der Waals surface area contributed by atoms with Crippen molar-refractivity contribution in [2.45, 2.75) is 97.3 Å². The Morgan fingerprint density at radius 1 is 0.879 bits per heavy atom. The van der Waals surface area contributed by atoms with Crippen molar-refractivity contribution >= 4 is 53.2 Å². The molecule has 1 aromatic heterocycles. The molecule has 3 aromatic rings. The van der Waals surface area contributed by atoms with Gasteiger partial charge >= 0.3 is 5.97 Å². The van der Waals surface area contributed by atoms with Crippen molar-refractivity contribution in [3.8, 4) is 11.1 Å². The Morgan fingerprint density at radius 3 is 2.20 bits per heavy atom. The zero-order chi connectivity index (χ0) is 48.7. The van der Waals surface area contributed by atoms with Crippen LogP contribution in [-0.2, 0) is 54.5 Å². The lowest BCUT2D eigenvalue weighted by atomic mass is 9.83. The molecule has 1 aliphatic rings. The maximum absolute atomic E-state index is 15.1. The highest BCUT2D eigenvalue weighted by atomic mass is 19.1. The number of nitrogens with one attached hydrogen (secondary N) is 4. The molecule has 0 saturated carbocycles. The first-order valence-corrected chi connectivity index (χ1v) is 21.3. The van der Waals surface area contributed by atoms with Crippen LogP contribution in [0.2, 0.25) is 0 Å². The van der Waals surface area contributed by atoms with Crippen molar-refractivity contribution in [1.29, 1.82) is 0 Å². The number of rotatable bonds is 23. The SMILES string of the molecule is CC(NC(=O)CNC(=O)CCCC(=O)ON1C(=O)CCC1=O)C(=O)N[C@@H](CC(N)=O)C(=O)NCCCN(C(=O)CO)C(c1cc(-c2cc(F)ccc2F)cn1Cc1ccccc1)C(C)(C)C. The lowest BCUT2D eigenvalue weighted by Gasteiger charge is -2.41. The topological polar surface area (TPSA) is 269 Å². The number of imide groups is 1. The van der Waals surface area contributed by atoms with Gasteiger partial charge in [-0.3, -0.25) is 38.4 Å². The number of carbonyl (C=O) groups excluding carboxylic acids is 9. The van der Waals surface area contributed by atoms with E-state index in [4.69, 9.17) is 10.6 Å². The number of benzene rings is 2. The van der Waals surface area contributed by atoms with Crippen LogP contribution in [0.1, 0.15) is 89.9 Å². The minimum absolute atomic E-state index is 0.0101. The maximum atomic E-state index is 15.1. The predicted octanol–water partition coefficient (Wildman–Crippen LogP) is 1.65. The Bertz CT molecular complexity index is 2270. The molecule has 2 aromatic carbocycles. The average molecular weight is 923 g/mol. The quantitative estimate of drug-likeness (QED) is 0.0588. The van der Waals surface area contributed by atoms with E-state index in [1.807, 2.05) is 55.7 Å². The molecular formula is C45H56F2N8O11. The molecule has 1 saturated heterocycles. The van der Waals surface area contributed by atoms with Gasteiger partial charge in [0.1, 0.15) is 30.3 Å². The summed E-state index contributed by atoms with van der Waals surface area (Å²) in [6, 6.07) is 10.7. The van der Waals surface area contributed by atoms with Gasteiger partial charge in [-0.1, -0.05) is 51.1 Å². The number of carbonyl (C=O) groups is 9. The van der Waals surface area contributed by atoms with Gasteiger partial charge in [0.2, 0.25) is 35.4 Å². The molecule has 19 nitrogen and oxygen atoms in total. The van der Waals surface area contributed by atoms with E-state index in [9.17, 15) is 52.6 Å². The summed E-state index contributed by atoms with van der Waals surface area (Å²) in [6.45, 7) is 5.75. The summed E-state index contributed by atoms with van der Waals surface area (Å²) < 4.78 is 31.3. The number of aromatic nitrogens is 1. The number of hydroxylamine groups is 2. The number of hydrogen-bond acceptors (Lipinski definition) is 11. The van der Waals surface area contributed by atoms with E-state index in [-0.39, 0.29) is 57.2 Å². The molecule has 7 N–H and O–H groups in total. The first-order valence-electron chi connectivity index (χ1n) is 21.3. The first kappa shape index (κ1) is 51.6. The summed E-state index contributed by atoms with van der Waals surface area (Å²) in [4.78, 5) is 118. The molecule has 0 aliphatic carbocycles. The lowest BCUT2D eigenvalue weighted by molar-refractivity contribution is -0.197. The Hall–Kier alpha value is -7.03. The van der Waals surface area contributed by atoms with E-state index in [2.05, 4.69) is 21.3 Å². The number of aliphatic hydroxyl groups is 1. The fourth-order valence-corrected chi connectivity index (χ4v) is 7.22. The van der Waals surface area contributed by atoms with Crippen molar-refractivity contribution in [1.82, 2.24) is 35.8 Å². The second-order valence-electron chi connectivity index (χ2n) is 16.7. The van der Waals surface area contributed by atoms with Crippen molar-refractivity contribution < 1.29 is 61.9 Å². The summed E-state index contributed by atoms with van der Waals surface area (Å²) in [5.74, 6) is -8.11. The lowest BCUT2D eigenvalue weighted by Crippen LogP contribution is -2.54. The van der Waals surface area contributed by atoms with Gasteiger partial charge in [0.15, 0.2) is 0 Å². The largest absolute Gasteiger partial charge is 0.387 e. The Labute approximate surface area is 379 Å². The summed E-state index contributed by atoms with van der Waals surface area (Å²) in [5, 5.41) is 20.2. The van der Waals surface area contributed by atoms with E-state index in [1.54, 1.807) is 12.3 Å². The van der Waals surface area contributed by atoms with Crippen LogP contribution in [0.4, 0.5) is 8.78 Å². The van der Waals surface area contributed by atoms with Crippen LogP contribution in [0.3, 0.4) is 0 Å². The van der Waals surface area contributed by atoms with Crippen molar-refractivity contribution in [2.75, 3.05) is 26.2 Å². The highest BCUT2D eigenvalue weighted by molar-refractivity contribution is 6.01. The fraction of sp³-hybridized carbons (Fsp3) is 0.444. The molecule has 4 rings (SSSR count). The minimum atomic E-state index is -1.47. The number of nitrogens with zero attached hydrogens (tertiary/aromatic N) is 3. The molecule has 0 bridgehead atoms. The van der Waals surface area contributed by atoms with Crippen molar-refractivity contribution in [2.24, 2.45) is 11.1 Å². The van der Waals surface area contributed by atoms with Gasteiger partial charge in [-0.15, -0.1) is 5.06 Å². The van der Waals surface area contributed by atoms with E-state index in [0.717, 1.165) is 23.8 Å². The fourth-order valence-electron chi connectivity index (χ4n) is 7.22. The smallest absolute Gasteiger partial charge is 0.333 e. The summed E-state index contributed by atoms with van der Waals surface area (Å²) >= 11 is 0. The number of aliphatic hydroxyl groups excluding tert-OH is 1. The monoisotopic (exact) mass is 922 g/mol. The maximum Gasteiger partial charge on any atom is 0.333 e. The highest BCUT2D eigenvalue weighted by Gasteiger charge is 2.37. The standard InChI is InChI=1S/C45H56F2N8O11/c1-27(51-37(59)23-50-36(58)12-8-13-41(63)66-55-38(60)16-17-39(55)61)43(64)52-33(22-35(48)57)44(65)49-18-9-19-54(40(62)26-56)42(45(2,3)4)34-20-29(31-21-30(46)14-15-32(31)47)25-53(34)24-28-10-6-5-7-11-28/h5-7,10-11,14-15,20-21,25,27,33,42,56H,8-9,12-13,16-19,22-24,26H2,1-4H3,(H2,48,57)(H,49,65)(H,50,58)(H,51,59)(H,52,64)/t27?,33-,42?/m0/s1. The zero-order valence-electron chi connectivity index (χ0n) is 37.2. The van der Waals surface area contributed by atoms with Crippen LogP contribution >= 0.6 is 0 Å². The Kier molecular flexibility index (Phi) is 18.6. The third-order valence-corrected chi connectivity index (χ3v) is 10.3. The molecule has 0 radical (unpaired) electrons. The van der Waals surface area contributed by atoms with Gasteiger partial charge in [-0.05, 0) is 55.0 Å². The molecule has 1 fully saturated rings. The normalized spacial score (nSPS) is 13.9. The molecular weight excluding hydrogens is 867 g/mol. The van der Waals surface area contributed by atoms with Gasteiger partial charge < -0.3 is 46.4 Å². The highest BCUT2D eigenvalue weighted by Crippen LogP contribution is 2.41. The molecule has 3 atom stereocenters. The van der Waals surface area contributed by atoms with Gasteiger partial charge in [0.05, 0.1) is 19.0 Å². The summed E-state index contributed by atoms with van der Waals surface area (Å²) in [7, 11) is 0. The van der Waals surface area contributed by atoms with Crippen LogP contribution in [0.5, 0.6) is 0 Å². The van der Waals surface area contributed by atoms with Gasteiger partial charge in [0, 0.05) is 68.3 Å². The van der Waals surface area contributed by atoms with E-state index in [0.29, 0.717) is 22.9 Å². The number of primary amides is 1. The summed E-state index contributed by atoms with van der Waals surface area (Å²) in [5.41, 5.74) is 6.51. The van der Waals surface area contributed by atoms with Crippen LogP contribution in [-0.4, -0.2) is 111 Å². The molecule has 8 amide bonds. The zero-order valence-corrected chi connectivity index (χ0v) is 37.2. The number of hydrogen-bond donors (Lipinski definition) is 6. The molecule has 66 heavy (non-hydrogen) atoms. The van der Waals surface area contributed by atoms with Crippen molar-refractivity contribution in [3.63, 3.8) is 0 Å². The molecule has 0 spiro atoms. The van der Waals surface area contributed by atoms with Crippen LogP contribution in [0.25, 0.3) is 11.1 Å². The van der Waals surface area contributed by atoms with Gasteiger partial charge in [-0.25, -0.2) is 13.6 Å². The third-order valence-electron chi connectivity index (χ3n) is 10.3. The van der Waals surface area contributed by atoms with Crippen LogP contribution in [0.15, 0.2) is 60.8 Å². The number of amides is 8. The third kappa shape index (κ3) is 15.0. The molecule has 1 aliphatic heterocycles. The molecule has 2 heterocycles. The predicted molar refractivity (Wildman–Crippen MR) is 231 cm³/mol. The number of nitrogens with two attached hydrogens (primary N) is 1. The van der Waals surface area contributed by atoms with Crippen LogP contribution < -0.4 is 27.0 Å². The minimum Gasteiger partial charge on any atom is -0.387 e. The average Bonchev–Trinajstić information content (AvgIpc) is 3.81. The second-order valence-corrected chi connectivity index (χ2v) is 16.7. The molecule has 21 heteroatoms. The molecule has 356 valence electrons. The van der Waals surface area contributed by atoms with E-state index in [1.165, 1.54) is 11.8 Å². The van der Waals surface area contributed by atoms with Gasteiger partial charge in [-0.2, -0.15) is 0 Å². The van der Waals surface area contributed by atoms with E-state index >= 15 is 4.39 Å². The number of halogens is 2. The van der Waals surface area contributed by atoms with Gasteiger partial charge in [0.25, 0.3) is 11.8 Å². The van der Waals surface area contributed by atoms with Crippen molar-refractivity contribution in [3.05, 3.63) is 83.7 Å². The Morgan fingerprint density at radius 2 is 1.56 bits per heavy atom.